The van der Waals surface area contributed by atoms with Gasteiger partial charge in [0, 0.05) is 18.5 Å². The summed E-state index contributed by atoms with van der Waals surface area (Å²) in [6.07, 6.45) is -2.35. The van der Waals surface area contributed by atoms with Crippen molar-refractivity contribution in [2.24, 2.45) is 0 Å². The van der Waals surface area contributed by atoms with Crippen LogP contribution in [0.15, 0.2) is 24.3 Å². The minimum absolute atomic E-state index is 0.0224. The number of ether oxygens (including phenoxy) is 1. The Balaban J connectivity index is 1.64. The van der Waals surface area contributed by atoms with Gasteiger partial charge in [0.2, 0.25) is 5.91 Å². The summed E-state index contributed by atoms with van der Waals surface area (Å²) in [5, 5.41) is 0. The summed E-state index contributed by atoms with van der Waals surface area (Å²) >= 11 is 0. The number of hydrogen-bond donors (Lipinski definition) is 0. The molecule has 0 bridgehead atoms. The van der Waals surface area contributed by atoms with Gasteiger partial charge in [0.15, 0.2) is 0 Å². The van der Waals surface area contributed by atoms with Crippen LogP contribution in [-0.2, 0) is 21.5 Å². The van der Waals surface area contributed by atoms with Crippen LogP contribution in [0.4, 0.5) is 13.2 Å². The molecule has 0 aromatic heterocycles. The highest BCUT2D eigenvalue weighted by Gasteiger charge is 2.49. The summed E-state index contributed by atoms with van der Waals surface area (Å²) in [7, 11) is 0. The summed E-state index contributed by atoms with van der Waals surface area (Å²) in [5.41, 5.74) is 2.39. The molecule has 114 valence electrons. The second kappa shape index (κ2) is 5.02. The molecule has 0 unspecified atom stereocenters. The minimum Gasteiger partial charge on any atom is -0.362 e. The Bertz CT molecular complexity index is 552. The Kier molecular flexibility index (Phi) is 3.43. The molecule has 3 rings (SSSR count). The number of amides is 1. The molecule has 2 aliphatic rings. The van der Waals surface area contributed by atoms with Gasteiger partial charge in [0.1, 0.15) is 13.2 Å². The molecule has 1 aromatic rings. The number of nitrogens with zero attached hydrogens (tertiary/aromatic N) is 1. The van der Waals surface area contributed by atoms with E-state index in [0.29, 0.717) is 13.1 Å². The zero-order valence-electron chi connectivity index (χ0n) is 11.4. The monoisotopic (exact) mass is 299 g/mol. The Hall–Kier alpha value is -1.56. The van der Waals surface area contributed by atoms with Crippen LogP contribution in [0.3, 0.4) is 0 Å². The van der Waals surface area contributed by atoms with Gasteiger partial charge < -0.3 is 9.64 Å². The third-order valence-corrected chi connectivity index (χ3v) is 4.14. The first kappa shape index (κ1) is 14.4. The van der Waals surface area contributed by atoms with Crippen LogP contribution in [-0.4, -0.2) is 36.7 Å². The molecular formula is C15H16F3NO2. The number of alkyl halides is 3. The van der Waals surface area contributed by atoms with Crippen molar-refractivity contribution in [2.45, 2.75) is 31.0 Å². The van der Waals surface area contributed by atoms with Gasteiger partial charge in [0.25, 0.3) is 0 Å². The molecule has 0 atom stereocenters. The first-order valence-electron chi connectivity index (χ1n) is 6.90. The summed E-state index contributed by atoms with van der Waals surface area (Å²) < 4.78 is 40.6. The van der Waals surface area contributed by atoms with Crippen LogP contribution in [0.1, 0.15) is 24.0 Å². The van der Waals surface area contributed by atoms with E-state index in [9.17, 15) is 18.0 Å². The first-order valence-corrected chi connectivity index (χ1v) is 6.90. The van der Waals surface area contributed by atoms with Gasteiger partial charge in [-0.25, -0.2) is 0 Å². The van der Waals surface area contributed by atoms with Crippen molar-refractivity contribution in [3.05, 3.63) is 35.4 Å². The predicted molar refractivity (Wildman–Crippen MR) is 69.6 cm³/mol. The number of rotatable bonds is 3. The number of hydrogen-bond acceptors (Lipinski definition) is 2. The fourth-order valence-electron chi connectivity index (χ4n) is 2.99. The first-order chi connectivity index (χ1) is 9.90. The highest BCUT2D eigenvalue weighted by atomic mass is 19.4. The van der Waals surface area contributed by atoms with Crippen molar-refractivity contribution in [3.63, 3.8) is 0 Å². The number of halogens is 3. The van der Waals surface area contributed by atoms with E-state index in [1.807, 2.05) is 18.2 Å². The summed E-state index contributed by atoms with van der Waals surface area (Å²) in [6, 6.07) is 7.97. The van der Waals surface area contributed by atoms with Crippen molar-refractivity contribution in [1.29, 1.82) is 0 Å². The second-order valence-corrected chi connectivity index (χ2v) is 5.80. The molecule has 3 nitrogen and oxygen atoms in total. The van der Waals surface area contributed by atoms with E-state index < -0.39 is 19.4 Å². The van der Waals surface area contributed by atoms with Gasteiger partial charge in [-0.05, 0) is 24.0 Å². The Morgan fingerprint density at radius 1 is 1.29 bits per heavy atom. The number of carbonyl (C=O) groups is 1. The molecule has 0 radical (unpaired) electrons. The molecule has 1 aliphatic heterocycles. The van der Waals surface area contributed by atoms with Gasteiger partial charge in [-0.2, -0.15) is 13.2 Å². The lowest BCUT2D eigenvalue weighted by Gasteiger charge is -2.35. The van der Waals surface area contributed by atoms with Gasteiger partial charge in [0.05, 0.1) is 0 Å². The van der Waals surface area contributed by atoms with Crippen molar-refractivity contribution in [3.8, 4) is 0 Å². The van der Waals surface area contributed by atoms with Crippen molar-refractivity contribution in [1.82, 2.24) is 4.90 Å². The fourth-order valence-corrected chi connectivity index (χ4v) is 2.99. The smallest absolute Gasteiger partial charge is 0.362 e. The molecule has 21 heavy (non-hydrogen) atoms. The molecule has 1 saturated carbocycles. The lowest BCUT2D eigenvalue weighted by molar-refractivity contribution is -0.178. The molecule has 1 heterocycles. The molecule has 1 aliphatic carbocycles. The number of benzene rings is 1. The second-order valence-electron chi connectivity index (χ2n) is 5.80. The molecule has 0 saturated heterocycles. The average Bonchev–Trinajstić information content (AvgIpc) is 3.17. The topological polar surface area (TPSA) is 29.5 Å². The third kappa shape index (κ3) is 3.05. The Labute approximate surface area is 120 Å². The summed E-state index contributed by atoms with van der Waals surface area (Å²) in [6.45, 7) is -0.865. The Morgan fingerprint density at radius 2 is 2.00 bits per heavy atom. The SMILES string of the molecule is O=C(COCC(F)(F)F)N1Cc2ccccc2C2(CC2)C1. The van der Waals surface area contributed by atoms with E-state index in [2.05, 4.69) is 10.8 Å². The van der Waals surface area contributed by atoms with Crippen LogP contribution < -0.4 is 0 Å². The molecule has 6 heteroatoms. The molecule has 0 N–H and O–H groups in total. The van der Waals surface area contributed by atoms with Crippen LogP contribution in [0, 0.1) is 0 Å². The Morgan fingerprint density at radius 3 is 2.67 bits per heavy atom. The number of fused-ring (bicyclic) bond motifs is 2. The van der Waals surface area contributed by atoms with Gasteiger partial charge >= 0.3 is 6.18 Å². The quantitative estimate of drug-likeness (QED) is 0.858. The van der Waals surface area contributed by atoms with E-state index in [1.54, 1.807) is 4.90 Å². The molecule has 1 amide bonds. The van der Waals surface area contributed by atoms with Gasteiger partial charge in [-0.3, -0.25) is 4.79 Å². The minimum atomic E-state index is -4.40. The van der Waals surface area contributed by atoms with Crippen LogP contribution >= 0.6 is 0 Å². The van der Waals surface area contributed by atoms with E-state index in [-0.39, 0.29) is 11.3 Å². The molecule has 1 spiro atoms. The van der Waals surface area contributed by atoms with E-state index >= 15 is 0 Å². The maximum absolute atomic E-state index is 12.0. The van der Waals surface area contributed by atoms with Crippen molar-refractivity contribution < 1.29 is 22.7 Å². The zero-order valence-corrected chi connectivity index (χ0v) is 11.4. The lowest BCUT2D eigenvalue weighted by atomic mass is 9.87. The third-order valence-electron chi connectivity index (χ3n) is 4.14. The van der Waals surface area contributed by atoms with Crippen LogP contribution in [0.5, 0.6) is 0 Å². The maximum atomic E-state index is 12.0. The maximum Gasteiger partial charge on any atom is 0.411 e. The number of carbonyl (C=O) groups excluding carboxylic acids is 1. The predicted octanol–water partition coefficient (Wildman–Crippen LogP) is 2.64. The van der Waals surface area contributed by atoms with Gasteiger partial charge in [-0.1, -0.05) is 24.3 Å². The summed E-state index contributed by atoms with van der Waals surface area (Å²) in [4.78, 5) is 13.7. The van der Waals surface area contributed by atoms with Crippen molar-refractivity contribution >= 4 is 5.91 Å². The van der Waals surface area contributed by atoms with Crippen LogP contribution in [0.25, 0.3) is 0 Å². The fraction of sp³-hybridized carbons (Fsp3) is 0.533. The lowest BCUT2D eigenvalue weighted by Crippen LogP contribution is -2.43. The summed E-state index contributed by atoms with van der Waals surface area (Å²) in [5.74, 6) is -0.375. The molecule has 1 aromatic carbocycles. The standard InChI is InChI=1S/C15H16F3NO2/c16-15(17,18)10-21-8-13(20)19-7-11-3-1-2-4-12(11)14(9-19)5-6-14/h1-4H,5-10H2. The van der Waals surface area contributed by atoms with E-state index in [4.69, 9.17) is 0 Å². The van der Waals surface area contributed by atoms with E-state index in [0.717, 1.165) is 18.4 Å². The van der Waals surface area contributed by atoms with Gasteiger partial charge in [-0.15, -0.1) is 0 Å². The molecular weight excluding hydrogens is 283 g/mol. The highest BCUT2D eigenvalue weighted by Crippen LogP contribution is 2.52. The molecule has 1 fully saturated rings. The normalized spacial score (nSPS) is 19.5. The highest BCUT2D eigenvalue weighted by molar-refractivity contribution is 5.78. The van der Waals surface area contributed by atoms with Crippen LogP contribution in [0.2, 0.25) is 0 Å². The largest absolute Gasteiger partial charge is 0.411 e. The average molecular weight is 299 g/mol. The van der Waals surface area contributed by atoms with E-state index in [1.165, 1.54) is 5.56 Å². The zero-order chi connectivity index (χ0) is 15.1. The van der Waals surface area contributed by atoms with Crippen molar-refractivity contribution in [2.75, 3.05) is 19.8 Å².